The minimum absolute atomic E-state index is 0.137. The summed E-state index contributed by atoms with van der Waals surface area (Å²) in [6, 6.07) is 15.4. The lowest BCUT2D eigenvalue weighted by atomic mass is 9.87. The molecule has 0 saturated carbocycles. The highest BCUT2D eigenvalue weighted by Gasteiger charge is 2.50. The third-order valence-corrected chi connectivity index (χ3v) is 7.11. The zero-order valence-corrected chi connectivity index (χ0v) is 24.4. The molecule has 2 atom stereocenters. The number of fused-ring (bicyclic) bond motifs is 3. The second kappa shape index (κ2) is 11.6. The molecule has 1 aromatic heterocycles. The van der Waals surface area contributed by atoms with Crippen LogP contribution in [0.2, 0.25) is 0 Å². The molecule has 0 fully saturated rings. The van der Waals surface area contributed by atoms with Crippen molar-refractivity contribution in [3.63, 3.8) is 0 Å². The van der Waals surface area contributed by atoms with Gasteiger partial charge in [0.15, 0.2) is 35.2 Å². The fraction of sp³-hybridized carbons (Fsp3) is 0.281. The van der Waals surface area contributed by atoms with Crippen molar-refractivity contribution < 1.29 is 47.2 Å². The molecule has 43 heavy (non-hydrogen) atoms. The number of hydrogen-bond donors (Lipinski definition) is 0. The Morgan fingerprint density at radius 1 is 0.698 bits per heavy atom. The van der Waals surface area contributed by atoms with Crippen molar-refractivity contribution in [2.45, 2.75) is 31.7 Å². The van der Waals surface area contributed by atoms with Crippen molar-refractivity contribution in [1.82, 2.24) is 0 Å². The van der Waals surface area contributed by atoms with E-state index in [1.165, 1.54) is 58.8 Å². The lowest BCUT2D eigenvalue weighted by Gasteiger charge is -2.43. The van der Waals surface area contributed by atoms with Crippen molar-refractivity contribution >= 4 is 22.9 Å². The van der Waals surface area contributed by atoms with Gasteiger partial charge in [-0.1, -0.05) is 0 Å². The van der Waals surface area contributed by atoms with E-state index in [4.69, 9.17) is 37.6 Å². The molecule has 0 N–H and O–H groups in total. The molecule has 0 unspecified atom stereocenters. The molecule has 0 bridgehead atoms. The number of hydrogen-bond acceptors (Lipinski definition) is 11. The summed E-state index contributed by atoms with van der Waals surface area (Å²) in [7, 11) is 5.86. The molecule has 1 aliphatic heterocycles. The Balaban J connectivity index is 1.61. The molecule has 11 heteroatoms. The molecule has 0 aliphatic carbocycles. The van der Waals surface area contributed by atoms with E-state index in [1.54, 1.807) is 44.2 Å². The average Bonchev–Trinajstić information content (AvgIpc) is 3.01. The van der Waals surface area contributed by atoms with Gasteiger partial charge in [0.05, 0.1) is 45.1 Å². The Morgan fingerprint density at radius 3 is 1.79 bits per heavy atom. The van der Waals surface area contributed by atoms with E-state index in [0.717, 1.165) is 0 Å². The zero-order chi connectivity index (χ0) is 30.9. The van der Waals surface area contributed by atoms with Crippen LogP contribution < -0.4 is 29.3 Å². The second-order valence-corrected chi connectivity index (χ2v) is 10.1. The topological polar surface area (TPSA) is 129 Å². The fourth-order valence-corrected chi connectivity index (χ4v) is 4.97. The summed E-state index contributed by atoms with van der Waals surface area (Å²) in [6.45, 7) is 3.40. The van der Waals surface area contributed by atoms with Crippen LogP contribution in [0.15, 0.2) is 69.9 Å². The van der Waals surface area contributed by atoms with E-state index in [-0.39, 0.29) is 22.3 Å². The van der Waals surface area contributed by atoms with Gasteiger partial charge < -0.3 is 37.6 Å². The first-order valence-corrected chi connectivity index (χ1v) is 13.2. The number of methoxy groups -OCH3 is 4. The third-order valence-electron chi connectivity index (χ3n) is 7.11. The van der Waals surface area contributed by atoms with Crippen LogP contribution in [0.5, 0.6) is 28.7 Å². The average molecular weight is 591 g/mol. The SMILES string of the molecule is COc1ccc(C(=O)O[C@@H]2c3c(ccc4ccc(=O)oc34)OC(C)(C)[C@@H]2OC(=O)c2ccc(OC)c(OC)c2)cc1OC. The Labute approximate surface area is 246 Å². The summed E-state index contributed by atoms with van der Waals surface area (Å²) in [5, 5.41) is 0.554. The van der Waals surface area contributed by atoms with Gasteiger partial charge in [0.1, 0.15) is 16.9 Å². The van der Waals surface area contributed by atoms with Gasteiger partial charge in [-0.3, -0.25) is 0 Å². The lowest BCUT2D eigenvalue weighted by molar-refractivity contribution is -0.122. The van der Waals surface area contributed by atoms with Crippen LogP contribution in [0.25, 0.3) is 11.0 Å². The molecule has 4 aromatic rings. The molecule has 0 amide bonds. The molecule has 0 spiro atoms. The summed E-state index contributed by atoms with van der Waals surface area (Å²) in [5.41, 5.74) is -1.13. The van der Waals surface area contributed by atoms with Crippen LogP contribution in [0.3, 0.4) is 0 Å². The van der Waals surface area contributed by atoms with Crippen molar-refractivity contribution in [2.24, 2.45) is 0 Å². The smallest absolute Gasteiger partial charge is 0.339 e. The molecule has 224 valence electrons. The maximum absolute atomic E-state index is 13.6. The van der Waals surface area contributed by atoms with Crippen molar-refractivity contribution in [3.8, 4) is 28.7 Å². The third kappa shape index (κ3) is 5.53. The first-order chi connectivity index (χ1) is 20.6. The number of carbonyl (C=O) groups is 2. The normalized spacial score (nSPS) is 16.8. The van der Waals surface area contributed by atoms with E-state index in [1.807, 2.05) is 0 Å². The molecular formula is C32H30O11. The summed E-state index contributed by atoms with van der Waals surface area (Å²) in [6.07, 6.45) is -2.45. The largest absolute Gasteiger partial charge is 0.493 e. The van der Waals surface area contributed by atoms with E-state index < -0.39 is 35.4 Å². The molecule has 0 radical (unpaired) electrons. The van der Waals surface area contributed by atoms with Gasteiger partial charge in [0, 0.05) is 11.5 Å². The predicted octanol–water partition coefficient (Wildman–Crippen LogP) is 5.12. The van der Waals surface area contributed by atoms with Gasteiger partial charge in [-0.15, -0.1) is 0 Å². The number of carbonyl (C=O) groups excluding carboxylic acids is 2. The fourth-order valence-electron chi connectivity index (χ4n) is 4.97. The first-order valence-electron chi connectivity index (χ1n) is 13.2. The highest BCUT2D eigenvalue weighted by molar-refractivity contribution is 5.92. The number of rotatable bonds is 8. The van der Waals surface area contributed by atoms with Crippen molar-refractivity contribution in [1.29, 1.82) is 0 Å². The first kappa shape index (κ1) is 29.3. The van der Waals surface area contributed by atoms with E-state index in [9.17, 15) is 14.4 Å². The van der Waals surface area contributed by atoms with Gasteiger partial charge in [0.2, 0.25) is 0 Å². The highest BCUT2D eigenvalue weighted by Crippen LogP contribution is 2.47. The quantitative estimate of drug-likeness (QED) is 0.200. The summed E-state index contributed by atoms with van der Waals surface area (Å²) in [5.74, 6) is 0.305. The zero-order valence-electron chi connectivity index (χ0n) is 24.4. The molecule has 3 aromatic carbocycles. The van der Waals surface area contributed by atoms with Crippen LogP contribution in [0, 0.1) is 0 Å². The van der Waals surface area contributed by atoms with Crippen molar-refractivity contribution in [2.75, 3.05) is 28.4 Å². The molecular weight excluding hydrogens is 560 g/mol. The summed E-state index contributed by atoms with van der Waals surface area (Å²) >= 11 is 0. The van der Waals surface area contributed by atoms with Crippen LogP contribution in [-0.2, 0) is 9.47 Å². The Hall–Kier alpha value is -5.19. The van der Waals surface area contributed by atoms with Crippen LogP contribution in [0.4, 0.5) is 0 Å². The minimum Gasteiger partial charge on any atom is -0.493 e. The van der Waals surface area contributed by atoms with E-state index >= 15 is 0 Å². The Morgan fingerprint density at radius 2 is 1.23 bits per heavy atom. The Bertz CT molecular complexity index is 1750. The monoisotopic (exact) mass is 590 g/mol. The molecule has 2 heterocycles. The standard InChI is InChI=1S/C32H30O11/c1-32(2)29(42-31(35)19-9-12-21(37-4)24(16-19)39-6)28(41-30(34)18-8-11-20(36-3)23(15-18)38-5)26-22(43-32)13-7-17-10-14-25(33)40-27(17)26/h7-16,28-29H,1-6H3/t28-,29-/m1/s1. The molecule has 0 saturated heterocycles. The minimum atomic E-state index is -1.25. The second-order valence-electron chi connectivity index (χ2n) is 10.1. The molecule has 1 aliphatic rings. The number of esters is 2. The van der Waals surface area contributed by atoms with Gasteiger partial charge in [0.25, 0.3) is 0 Å². The maximum Gasteiger partial charge on any atom is 0.339 e. The number of benzene rings is 3. The van der Waals surface area contributed by atoms with E-state index in [2.05, 4.69) is 0 Å². The summed E-state index contributed by atoms with van der Waals surface area (Å²) in [4.78, 5) is 39.5. The van der Waals surface area contributed by atoms with Crippen LogP contribution in [0.1, 0.15) is 46.2 Å². The lowest BCUT2D eigenvalue weighted by Crippen LogP contribution is -2.52. The van der Waals surface area contributed by atoms with Gasteiger partial charge in [-0.05, 0) is 68.4 Å². The van der Waals surface area contributed by atoms with Crippen LogP contribution >= 0.6 is 0 Å². The maximum atomic E-state index is 13.6. The summed E-state index contributed by atoms with van der Waals surface area (Å²) < 4.78 is 45.2. The van der Waals surface area contributed by atoms with Gasteiger partial charge in [-0.2, -0.15) is 0 Å². The van der Waals surface area contributed by atoms with Crippen molar-refractivity contribution in [3.05, 3.63) is 87.8 Å². The van der Waals surface area contributed by atoms with Crippen LogP contribution in [-0.4, -0.2) is 52.1 Å². The van der Waals surface area contributed by atoms with Gasteiger partial charge in [-0.25, -0.2) is 14.4 Å². The molecule has 11 nitrogen and oxygen atoms in total. The van der Waals surface area contributed by atoms with Gasteiger partial charge >= 0.3 is 17.6 Å². The Kier molecular flexibility index (Phi) is 7.90. The molecule has 5 rings (SSSR count). The predicted molar refractivity (Wildman–Crippen MR) is 154 cm³/mol. The van der Waals surface area contributed by atoms with E-state index in [0.29, 0.717) is 34.1 Å². The number of ether oxygens (including phenoxy) is 7. The highest BCUT2D eigenvalue weighted by atomic mass is 16.6.